The molecule has 2 heterocycles. The summed E-state index contributed by atoms with van der Waals surface area (Å²) in [6.45, 7) is 15.0. The molecule has 0 saturated heterocycles. The van der Waals surface area contributed by atoms with Crippen LogP contribution >= 0.6 is 47.4 Å². The molecule has 0 amide bonds. The number of rotatable bonds is 12. The number of hydrogen-bond donors (Lipinski definition) is 2. The van der Waals surface area contributed by atoms with Crippen LogP contribution in [0.15, 0.2) is 76.3 Å². The van der Waals surface area contributed by atoms with Crippen LogP contribution < -0.4 is 54.1 Å². The van der Waals surface area contributed by atoms with Gasteiger partial charge in [0.05, 0.1) is 5.39 Å². The van der Waals surface area contributed by atoms with Gasteiger partial charge in [0.25, 0.3) is 0 Å². The largest absolute Gasteiger partial charge is 1.00 e. The Balaban J connectivity index is 0.000000947. The summed E-state index contributed by atoms with van der Waals surface area (Å²) in [5, 5.41) is 10.4. The van der Waals surface area contributed by atoms with Crippen molar-refractivity contribution >= 4 is 102 Å². The molecule has 14 heteroatoms. The fourth-order valence-electron chi connectivity index (χ4n) is 6.31. The topological polar surface area (TPSA) is 88.2 Å². The van der Waals surface area contributed by atoms with Gasteiger partial charge in [-0.15, -0.1) is 11.3 Å². The maximum absolute atomic E-state index is 13.2. The summed E-state index contributed by atoms with van der Waals surface area (Å²) >= 11 is 0.778. The van der Waals surface area contributed by atoms with Crippen LogP contribution in [0.5, 0.6) is 0 Å². The van der Waals surface area contributed by atoms with E-state index in [1.807, 2.05) is 30.3 Å². The van der Waals surface area contributed by atoms with Gasteiger partial charge in [0.2, 0.25) is 0 Å². The summed E-state index contributed by atoms with van der Waals surface area (Å²) in [7, 11) is 16.1. The van der Waals surface area contributed by atoms with Crippen LogP contribution in [0, 0.1) is 69.7 Å². The summed E-state index contributed by atoms with van der Waals surface area (Å²) in [5.41, 5.74) is 4.56. The third-order valence-corrected chi connectivity index (χ3v) is 18.1. The van der Waals surface area contributed by atoms with E-state index in [1.54, 1.807) is 22.7 Å². The molecule has 56 heavy (non-hydrogen) atoms. The van der Waals surface area contributed by atoms with Gasteiger partial charge in [-0.1, -0.05) is 52.3 Å². The second kappa shape index (κ2) is 29.7. The maximum atomic E-state index is 13.2. The minimum Gasteiger partial charge on any atom is -0.870 e. The Hall–Kier alpha value is 1.40. The zero-order valence-electron chi connectivity index (χ0n) is 33.2. The molecular formula is C42H52AcCl3Hg2N2NaO3S2. The van der Waals surface area contributed by atoms with E-state index in [0.717, 1.165) is 89.1 Å². The Morgan fingerprint density at radius 2 is 1.18 bits per heavy atom. The van der Waals surface area contributed by atoms with Gasteiger partial charge >= 0.3 is 238 Å². The Morgan fingerprint density at radius 1 is 0.696 bits per heavy atom. The van der Waals surface area contributed by atoms with Gasteiger partial charge in [0.15, 0.2) is 5.43 Å². The SMILES string of the molecule is C.CCC(C)CCNc1ccc(C)c2sc3cc[c]([Hg][Cl])cc3c(=O)c12.CCC(CC)CCNc1ccc(C)c2sc3ccccc3c(=O)c12.[Ac].[Cl][Hg][Cl].[Na+].[OH-]. The van der Waals surface area contributed by atoms with Crippen LogP contribution in [0.3, 0.4) is 0 Å². The van der Waals surface area contributed by atoms with Gasteiger partial charge in [0.1, 0.15) is 0 Å². The normalized spacial score (nSPS) is 10.6. The van der Waals surface area contributed by atoms with Crippen molar-refractivity contribution in [2.45, 2.75) is 81.1 Å². The van der Waals surface area contributed by atoms with Crippen LogP contribution in [0.25, 0.3) is 40.3 Å². The number of hydrogen-bond acceptors (Lipinski definition) is 7. The predicted octanol–water partition coefficient (Wildman–Crippen LogP) is 10.2. The molecule has 1 radical (unpaired) electrons. The van der Waals surface area contributed by atoms with Crippen molar-refractivity contribution in [3.8, 4) is 0 Å². The molecule has 6 rings (SSSR count). The third kappa shape index (κ3) is 15.3. The molecule has 4 aromatic carbocycles. The first-order valence-corrected chi connectivity index (χ1v) is 42.9. The first-order chi connectivity index (χ1) is 25.1. The van der Waals surface area contributed by atoms with E-state index >= 15 is 0 Å². The average Bonchev–Trinajstić information content (AvgIpc) is 3.16. The standard InChI is InChI=1S/C21H25NOS.C20H22NOS.CH4.Ac.3ClH.2Hg.Na.H2O/c1-4-15(5-2)12-13-22-17-11-10-14(3)21-19(17)20(23)16-8-6-7-9-18(16)24-21;1-4-13(2)11-12-21-16-10-9-14(3)20-18(16)19(22)15-7-5-6-8-17(15)23-20;;;;;;;;;/h6-11,15,22H,4-5,12-13H2,1-3H3;6-10,13,21H,4,11-12H2,1-3H3;1H4;;3*1H;;;;1H2/q;;;;;;;+1;+2;+1;/p-4. The zero-order valence-corrected chi connectivity index (χ0v) is 54.8. The summed E-state index contributed by atoms with van der Waals surface area (Å²) in [4.78, 5) is 26.3. The fraction of sp³-hybridized carbons (Fsp3) is 0.381. The van der Waals surface area contributed by atoms with Crippen molar-refractivity contribution in [1.82, 2.24) is 0 Å². The molecule has 6 aromatic rings. The minimum absolute atomic E-state index is 0. The van der Waals surface area contributed by atoms with Gasteiger partial charge in [-0.2, -0.15) is 0 Å². The Labute approximate surface area is 434 Å². The number of fused-ring (bicyclic) bond motifs is 4. The van der Waals surface area contributed by atoms with Crippen molar-refractivity contribution < 1.29 is 125 Å². The quantitative estimate of drug-likeness (QED) is 0.0942. The number of nitrogens with one attached hydrogen (secondary N) is 2. The number of anilines is 2. The molecule has 0 fully saturated rings. The molecule has 5 nitrogen and oxygen atoms in total. The number of halogens is 3. The van der Waals surface area contributed by atoms with Crippen LogP contribution in [-0.2, 0) is 45.4 Å². The van der Waals surface area contributed by atoms with Gasteiger partial charge in [-0.25, -0.2) is 0 Å². The second-order valence-corrected chi connectivity index (χ2v) is 29.9. The Bertz CT molecular complexity index is 2240. The summed E-state index contributed by atoms with van der Waals surface area (Å²) in [6, 6.07) is 22.5. The zero-order chi connectivity index (χ0) is 37.8. The van der Waals surface area contributed by atoms with E-state index < -0.39 is 45.4 Å². The van der Waals surface area contributed by atoms with E-state index in [9.17, 15) is 9.59 Å². The monoisotopic (exact) mass is 1460 g/mol. The Morgan fingerprint density at radius 3 is 1.68 bits per heavy atom. The molecule has 289 valence electrons. The van der Waals surface area contributed by atoms with Crippen molar-refractivity contribution in [2.24, 2.45) is 11.8 Å². The Kier molecular flexibility index (Phi) is 30.4. The molecule has 0 bridgehead atoms. The summed E-state index contributed by atoms with van der Waals surface area (Å²) < 4.78 is 5.52. The second-order valence-electron chi connectivity index (χ2n) is 13.3. The van der Waals surface area contributed by atoms with Gasteiger partial charge in [0, 0.05) is 71.1 Å². The van der Waals surface area contributed by atoms with Crippen LogP contribution in [0.4, 0.5) is 11.4 Å². The first-order valence-electron chi connectivity index (χ1n) is 18.2. The van der Waals surface area contributed by atoms with Crippen LogP contribution in [-0.4, -0.2) is 18.6 Å². The van der Waals surface area contributed by atoms with E-state index in [-0.39, 0.29) is 97.4 Å². The molecular weight excluding hydrogens is 1400 g/mol. The van der Waals surface area contributed by atoms with Crippen molar-refractivity contribution in [2.75, 3.05) is 23.7 Å². The van der Waals surface area contributed by atoms with Gasteiger partial charge in [-0.3, -0.25) is 4.79 Å². The van der Waals surface area contributed by atoms with Gasteiger partial charge < -0.3 is 10.8 Å². The number of benzene rings is 4. The first kappa shape index (κ1) is 57.4. The molecule has 0 spiro atoms. The fourth-order valence-corrected chi connectivity index (χ4v) is 12.0. The minimum atomic E-state index is -1.51. The molecule has 0 aliphatic carbocycles. The number of aryl methyl sites for hydroxylation is 2. The molecule has 2 aromatic heterocycles. The van der Waals surface area contributed by atoms with E-state index in [2.05, 4.69) is 88.6 Å². The molecule has 0 aliphatic heterocycles. The van der Waals surface area contributed by atoms with E-state index in [0.29, 0.717) is 5.92 Å². The molecule has 1 unspecified atom stereocenters. The maximum Gasteiger partial charge on any atom is 1.00 e. The third-order valence-electron chi connectivity index (χ3n) is 9.83. The predicted molar refractivity (Wildman–Crippen MR) is 236 cm³/mol. The van der Waals surface area contributed by atoms with Crippen LogP contribution in [0.2, 0.25) is 0 Å². The van der Waals surface area contributed by atoms with E-state index in [4.69, 9.17) is 24.7 Å². The van der Waals surface area contributed by atoms with E-state index in [1.165, 1.54) is 27.9 Å². The molecule has 0 saturated carbocycles. The smallest absolute Gasteiger partial charge is 0.870 e. The molecule has 3 N–H and O–H groups in total. The van der Waals surface area contributed by atoms with Crippen molar-refractivity contribution in [1.29, 1.82) is 0 Å². The average molecular weight is 1450 g/mol. The van der Waals surface area contributed by atoms with Crippen LogP contribution in [0.1, 0.15) is 78.4 Å². The molecule has 1 atom stereocenters. The summed E-state index contributed by atoms with van der Waals surface area (Å²) in [6.07, 6.45) is 5.87. The van der Waals surface area contributed by atoms with Crippen molar-refractivity contribution in [3.63, 3.8) is 0 Å². The molecule has 0 aliphatic rings. The van der Waals surface area contributed by atoms with Crippen molar-refractivity contribution in [3.05, 3.63) is 98.3 Å². The summed E-state index contributed by atoms with van der Waals surface area (Å²) in [5.74, 6) is 1.45. The van der Waals surface area contributed by atoms with Gasteiger partial charge in [-0.05, 0) is 43.0 Å².